The average Bonchev–Trinajstić information content (AvgIpc) is 2.64. The van der Waals surface area contributed by atoms with Crippen LogP contribution >= 0.6 is 11.6 Å². The first-order valence-corrected chi connectivity index (χ1v) is 8.48. The summed E-state index contributed by atoms with van der Waals surface area (Å²) in [6, 6.07) is 14.0. The topological polar surface area (TPSA) is 68.5 Å². The van der Waals surface area contributed by atoms with E-state index in [1.165, 1.54) is 6.07 Å². The number of ether oxygens (including phenoxy) is 1. The van der Waals surface area contributed by atoms with Crippen LogP contribution in [0.4, 0.5) is 0 Å². The molecule has 0 fully saturated rings. The minimum atomic E-state index is -0.989. The zero-order chi connectivity index (χ0) is 18.8. The van der Waals surface area contributed by atoms with Crippen molar-refractivity contribution in [1.82, 2.24) is 4.57 Å². The Kier molecular flexibility index (Phi) is 5.00. The minimum Gasteiger partial charge on any atom is -0.497 e. The van der Waals surface area contributed by atoms with Gasteiger partial charge in [0, 0.05) is 16.5 Å². The molecule has 1 unspecified atom stereocenters. The number of methoxy groups -OCH3 is 1. The van der Waals surface area contributed by atoms with Crippen molar-refractivity contribution in [3.63, 3.8) is 0 Å². The molecule has 0 aliphatic heterocycles. The highest BCUT2D eigenvalue weighted by Gasteiger charge is 2.20. The van der Waals surface area contributed by atoms with Gasteiger partial charge in [-0.05, 0) is 42.3 Å². The Morgan fingerprint density at radius 3 is 2.62 bits per heavy atom. The number of fused-ring (bicyclic) bond motifs is 1. The molecule has 0 aliphatic rings. The quantitative estimate of drug-likeness (QED) is 0.738. The highest BCUT2D eigenvalue weighted by molar-refractivity contribution is 6.31. The van der Waals surface area contributed by atoms with E-state index in [1.54, 1.807) is 42.9 Å². The standard InChI is InChI=1S/C20H18ClNO4/c1-12(20(24)25)15-10-19(23)22(11-13-5-3-4-6-17(13)21)18-8-7-14(26-2)9-16(15)18/h3-10,12H,11H2,1-2H3,(H,24,25). The molecule has 26 heavy (non-hydrogen) atoms. The van der Waals surface area contributed by atoms with Gasteiger partial charge in [0.2, 0.25) is 0 Å². The second kappa shape index (κ2) is 7.22. The van der Waals surface area contributed by atoms with E-state index >= 15 is 0 Å². The summed E-state index contributed by atoms with van der Waals surface area (Å²) in [5.74, 6) is -1.20. The normalized spacial score (nSPS) is 12.1. The first-order valence-electron chi connectivity index (χ1n) is 8.10. The number of aromatic nitrogens is 1. The van der Waals surface area contributed by atoms with Crippen LogP contribution in [0.25, 0.3) is 10.9 Å². The molecule has 3 rings (SSSR count). The Hall–Kier alpha value is -2.79. The van der Waals surface area contributed by atoms with Crippen LogP contribution in [0.5, 0.6) is 5.75 Å². The van der Waals surface area contributed by atoms with Gasteiger partial charge in [-0.15, -0.1) is 0 Å². The van der Waals surface area contributed by atoms with Crippen molar-refractivity contribution in [2.75, 3.05) is 7.11 Å². The number of benzene rings is 2. The van der Waals surface area contributed by atoms with Gasteiger partial charge < -0.3 is 14.4 Å². The Bertz CT molecular complexity index is 1040. The number of hydrogen-bond donors (Lipinski definition) is 1. The number of halogens is 1. The molecule has 1 aromatic heterocycles. The lowest BCUT2D eigenvalue weighted by molar-refractivity contribution is -0.138. The van der Waals surface area contributed by atoms with Gasteiger partial charge in [-0.3, -0.25) is 9.59 Å². The molecule has 5 nitrogen and oxygen atoms in total. The molecule has 3 aromatic rings. The van der Waals surface area contributed by atoms with Gasteiger partial charge in [-0.1, -0.05) is 29.8 Å². The van der Waals surface area contributed by atoms with Crippen molar-refractivity contribution in [3.05, 3.63) is 75.0 Å². The number of aliphatic carboxylic acids is 1. The van der Waals surface area contributed by atoms with E-state index in [1.807, 2.05) is 18.2 Å². The van der Waals surface area contributed by atoms with Crippen molar-refractivity contribution in [1.29, 1.82) is 0 Å². The lowest BCUT2D eigenvalue weighted by Gasteiger charge is -2.17. The van der Waals surface area contributed by atoms with Crippen molar-refractivity contribution < 1.29 is 14.6 Å². The third-order valence-corrected chi connectivity index (χ3v) is 4.84. The van der Waals surface area contributed by atoms with Crippen molar-refractivity contribution in [2.24, 2.45) is 0 Å². The second-order valence-electron chi connectivity index (χ2n) is 6.06. The van der Waals surface area contributed by atoms with E-state index in [9.17, 15) is 14.7 Å². The van der Waals surface area contributed by atoms with E-state index in [0.717, 1.165) is 5.56 Å². The molecule has 0 aliphatic carbocycles. The van der Waals surface area contributed by atoms with E-state index in [2.05, 4.69) is 0 Å². The molecule has 1 N–H and O–H groups in total. The molecule has 134 valence electrons. The number of rotatable bonds is 5. The lowest BCUT2D eigenvalue weighted by atomic mass is 9.97. The summed E-state index contributed by atoms with van der Waals surface area (Å²) in [6.45, 7) is 1.86. The first kappa shape index (κ1) is 18.0. The molecule has 0 radical (unpaired) electrons. The molecule has 1 heterocycles. The molecule has 6 heteroatoms. The van der Waals surface area contributed by atoms with Gasteiger partial charge in [-0.25, -0.2) is 0 Å². The summed E-state index contributed by atoms with van der Waals surface area (Å²) in [5.41, 5.74) is 1.64. The molecule has 0 spiro atoms. The number of pyridine rings is 1. The molecule has 0 saturated heterocycles. The fourth-order valence-corrected chi connectivity index (χ4v) is 3.16. The van der Waals surface area contributed by atoms with Gasteiger partial charge in [0.15, 0.2) is 0 Å². The van der Waals surface area contributed by atoms with E-state index in [4.69, 9.17) is 16.3 Å². The average molecular weight is 372 g/mol. The van der Waals surface area contributed by atoms with Crippen LogP contribution < -0.4 is 10.3 Å². The predicted octanol–water partition coefficient (Wildman–Crippen LogP) is 3.90. The first-order chi connectivity index (χ1) is 12.4. The van der Waals surface area contributed by atoms with Crippen LogP contribution in [0, 0.1) is 0 Å². The fraction of sp³-hybridized carbons (Fsp3) is 0.200. The Labute approximate surface area is 155 Å². The maximum Gasteiger partial charge on any atom is 0.310 e. The van der Waals surface area contributed by atoms with E-state index in [0.29, 0.717) is 33.8 Å². The Morgan fingerprint density at radius 2 is 1.96 bits per heavy atom. The zero-order valence-electron chi connectivity index (χ0n) is 14.4. The van der Waals surface area contributed by atoms with Crippen LogP contribution in [0.2, 0.25) is 5.02 Å². The van der Waals surface area contributed by atoms with Gasteiger partial charge in [0.25, 0.3) is 5.56 Å². The molecule has 1 atom stereocenters. The summed E-state index contributed by atoms with van der Waals surface area (Å²) in [6.07, 6.45) is 0. The second-order valence-corrected chi connectivity index (χ2v) is 6.47. The van der Waals surface area contributed by atoms with Crippen LogP contribution in [0.3, 0.4) is 0 Å². The zero-order valence-corrected chi connectivity index (χ0v) is 15.2. The molecular weight excluding hydrogens is 354 g/mol. The Morgan fingerprint density at radius 1 is 1.23 bits per heavy atom. The summed E-state index contributed by atoms with van der Waals surface area (Å²) in [7, 11) is 1.54. The highest BCUT2D eigenvalue weighted by Crippen LogP contribution is 2.29. The summed E-state index contributed by atoms with van der Waals surface area (Å²) < 4.78 is 6.86. The van der Waals surface area contributed by atoms with Crippen LogP contribution in [0.1, 0.15) is 24.0 Å². The van der Waals surface area contributed by atoms with E-state index in [-0.39, 0.29) is 5.56 Å². The lowest BCUT2D eigenvalue weighted by Crippen LogP contribution is -2.23. The van der Waals surface area contributed by atoms with Gasteiger partial charge in [0.05, 0.1) is 25.1 Å². The molecule has 0 amide bonds. The van der Waals surface area contributed by atoms with Gasteiger partial charge in [0.1, 0.15) is 5.75 Å². The number of hydrogen-bond acceptors (Lipinski definition) is 3. The summed E-state index contributed by atoms with van der Waals surface area (Å²) >= 11 is 6.24. The number of nitrogens with zero attached hydrogens (tertiary/aromatic N) is 1. The predicted molar refractivity (Wildman–Crippen MR) is 101 cm³/mol. The monoisotopic (exact) mass is 371 g/mol. The molecule has 2 aromatic carbocycles. The maximum absolute atomic E-state index is 12.7. The fourth-order valence-electron chi connectivity index (χ4n) is 2.97. The van der Waals surface area contributed by atoms with Crippen molar-refractivity contribution >= 4 is 28.5 Å². The highest BCUT2D eigenvalue weighted by atomic mass is 35.5. The third kappa shape index (κ3) is 3.30. The van der Waals surface area contributed by atoms with Gasteiger partial charge in [-0.2, -0.15) is 0 Å². The molecular formula is C20H18ClNO4. The smallest absolute Gasteiger partial charge is 0.310 e. The summed E-state index contributed by atoms with van der Waals surface area (Å²) in [5, 5.41) is 10.6. The Balaban J connectivity index is 2.26. The van der Waals surface area contributed by atoms with Crippen LogP contribution in [-0.4, -0.2) is 22.8 Å². The SMILES string of the molecule is COc1ccc2c(c1)c(C(C)C(=O)O)cc(=O)n2Cc1ccccc1Cl. The van der Waals surface area contributed by atoms with Crippen LogP contribution in [-0.2, 0) is 11.3 Å². The molecule has 0 saturated carbocycles. The number of carboxylic acid groups (broad SMARTS) is 1. The number of carbonyl (C=O) groups is 1. The maximum atomic E-state index is 12.7. The summed E-state index contributed by atoms with van der Waals surface area (Å²) in [4.78, 5) is 24.2. The van der Waals surface area contributed by atoms with Crippen LogP contribution in [0.15, 0.2) is 53.3 Å². The minimum absolute atomic E-state index is 0.273. The van der Waals surface area contributed by atoms with Crippen molar-refractivity contribution in [3.8, 4) is 5.75 Å². The number of carboxylic acids is 1. The third-order valence-electron chi connectivity index (χ3n) is 4.47. The van der Waals surface area contributed by atoms with Gasteiger partial charge >= 0.3 is 5.97 Å². The van der Waals surface area contributed by atoms with E-state index < -0.39 is 11.9 Å². The largest absolute Gasteiger partial charge is 0.497 e. The molecule has 0 bridgehead atoms. The van der Waals surface area contributed by atoms with Crippen molar-refractivity contribution in [2.45, 2.75) is 19.4 Å².